The van der Waals surface area contributed by atoms with E-state index < -0.39 is 0 Å². The van der Waals surface area contributed by atoms with Gasteiger partial charge in [0.25, 0.3) is 0 Å². The van der Waals surface area contributed by atoms with E-state index in [0.717, 1.165) is 22.0 Å². The fourth-order valence-electron chi connectivity index (χ4n) is 8.61. The van der Waals surface area contributed by atoms with Crippen LogP contribution in [0.25, 0.3) is 94.6 Å². The van der Waals surface area contributed by atoms with Crippen LogP contribution >= 0.6 is 0 Å². The zero-order valence-electron chi connectivity index (χ0n) is 29.7. The van der Waals surface area contributed by atoms with Gasteiger partial charge in [-0.1, -0.05) is 105 Å². The summed E-state index contributed by atoms with van der Waals surface area (Å²) in [7, 11) is 0. The molecule has 0 unspecified atom stereocenters. The minimum atomic E-state index is -0.161. The molecular weight excluding hydrogens is 661 g/mol. The lowest BCUT2D eigenvalue weighted by molar-refractivity contribution is 0.661. The highest BCUT2D eigenvalue weighted by Gasteiger charge is 2.37. The van der Waals surface area contributed by atoms with Gasteiger partial charge in [0.05, 0.1) is 16.7 Å². The van der Waals surface area contributed by atoms with E-state index in [4.69, 9.17) is 15.0 Å². The first kappa shape index (κ1) is 30.6. The third-order valence-electron chi connectivity index (χ3n) is 11.2. The minimum Gasteiger partial charge on any atom is -0.309 e. The van der Waals surface area contributed by atoms with Crippen molar-refractivity contribution in [1.29, 1.82) is 0 Å². The zero-order valence-corrected chi connectivity index (χ0v) is 29.7. The van der Waals surface area contributed by atoms with Gasteiger partial charge in [0.15, 0.2) is 17.5 Å². The van der Waals surface area contributed by atoms with Crippen molar-refractivity contribution in [3.05, 3.63) is 169 Å². The van der Waals surface area contributed by atoms with E-state index >= 15 is 0 Å². The van der Waals surface area contributed by atoms with E-state index in [0.29, 0.717) is 28.9 Å². The van der Waals surface area contributed by atoms with Gasteiger partial charge in [-0.15, -0.1) is 0 Å². The summed E-state index contributed by atoms with van der Waals surface area (Å²) in [6.07, 6.45) is 3.51. The molecule has 0 bridgehead atoms. The molecule has 1 aliphatic carbocycles. The Bertz CT molecular complexity index is 3070. The highest BCUT2D eigenvalue weighted by Crippen LogP contribution is 2.53. The Labute approximate surface area is 311 Å². The summed E-state index contributed by atoms with van der Waals surface area (Å²) in [5, 5.41) is 7.20. The molecule has 0 fully saturated rings. The van der Waals surface area contributed by atoms with Crippen LogP contribution in [0.3, 0.4) is 0 Å². The summed E-state index contributed by atoms with van der Waals surface area (Å²) < 4.78 is 2.44. The van der Waals surface area contributed by atoms with E-state index in [1.165, 1.54) is 54.8 Å². The number of para-hydroxylation sites is 1. The van der Waals surface area contributed by atoms with Gasteiger partial charge in [0, 0.05) is 39.5 Å². The maximum Gasteiger partial charge on any atom is 0.182 e. The first-order valence-corrected chi connectivity index (χ1v) is 18.3. The molecule has 0 atom stereocenters. The average molecular weight is 693 g/mol. The van der Waals surface area contributed by atoms with Gasteiger partial charge in [-0.25, -0.2) is 15.0 Å². The fraction of sp³-hybridized carbons (Fsp3) is 0.0625. The predicted molar refractivity (Wildman–Crippen MR) is 219 cm³/mol. The molecule has 0 saturated carbocycles. The molecule has 4 aromatic heterocycles. The molecule has 0 aliphatic heterocycles. The molecular formula is C48H32N6. The lowest BCUT2D eigenvalue weighted by Gasteiger charge is -2.22. The summed E-state index contributed by atoms with van der Waals surface area (Å²) in [5.41, 5.74) is 11.0. The van der Waals surface area contributed by atoms with Crippen LogP contribution in [0.15, 0.2) is 158 Å². The van der Waals surface area contributed by atoms with Crippen LogP contribution in [0.5, 0.6) is 0 Å². The molecule has 6 nitrogen and oxygen atoms in total. The lowest BCUT2D eigenvalue weighted by Crippen LogP contribution is -2.15. The molecule has 6 heteroatoms. The van der Waals surface area contributed by atoms with Crippen LogP contribution in [-0.2, 0) is 5.41 Å². The molecule has 0 amide bonds. The van der Waals surface area contributed by atoms with Gasteiger partial charge in [-0.05, 0) is 93.0 Å². The van der Waals surface area contributed by atoms with Crippen molar-refractivity contribution < 1.29 is 0 Å². The second kappa shape index (κ2) is 11.5. The van der Waals surface area contributed by atoms with Crippen LogP contribution in [0.1, 0.15) is 25.0 Å². The third-order valence-corrected chi connectivity index (χ3v) is 11.2. The van der Waals surface area contributed by atoms with Crippen LogP contribution in [0.4, 0.5) is 0 Å². The van der Waals surface area contributed by atoms with Crippen molar-refractivity contribution in [2.45, 2.75) is 19.3 Å². The normalized spacial score (nSPS) is 13.1. The largest absolute Gasteiger partial charge is 0.309 e. The average Bonchev–Trinajstić information content (AvgIpc) is 3.67. The number of rotatable bonds is 4. The third kappa shape index (κ3) is 4.43. The van der Waals surface area contributed by atoms with Crippen LogP contribution in [-0.4, -0.2) is 29.5 Å². The van der Waals surface area contributed by atoms with Gasteiger partial charge in [-0.3, -0.25) is 9.97 Å². The van der Waals surface area contributed by atoms with E-state index in [-0.39, 0.29) is 5.41 Å². The summed E-state index contributed by atoms with van der Waals surface area (Å²) in [4.78, 5) is 24.0. The monoisotopic (exact) mass is 692 g/mol. The molecule has 11 rings (SSSR count). The first-order valence-electron chi connectivity index (χ1n) is 18.3. The van der Waals surface area contributed by atoms with Gasteiger partial charge in [0.1, 0.15) is 11.4 Å². The highest BCUT2D eigenvalue weighted by atomic mass is 15.1. The molecule has 54 heavy (non-hydrogen) atoms. The molecule has 10 aromatic rings. The number of fused-ring (bicyclic) bond motifs is 9. The summed E-state index contributed by atoms with van der Waals surface area (Å²) in [6.45, 7) is 4.73. The number of pyridine rings is 2. The molecule has 4 heterocycles. The quantitative estimate of drug-likeness (QED) is 0.184. The summed E-state index contributed by atoms with van der Waals surface area (Å²) >= 11 is 0. The van der Waals surface area contributed by atoms with Gasteiger partial charge >= 0.3 is 0 Å². The highest BCUT2D eigenvalue weighted by molar-refractivity contribution is 6.15. The molecule has 0 radical (unpaired) electrons. The Morgan fingerprint density at radius 2 is 1.07 bits per heavy atom. The summed E-state index contributed by atoms with van der Waals surface area (Å²) in [5.74, 6) is 1.57. The first-order chi connectivity index (χ1) is 26.5. The molecule has 0 spiro atoms. The second-order valence-electron chi connectivity index (χ2n) is 14.5. The maximum absolute atomic E-state index is 5.02. The Hall–Kier alpha value is -7.05. The number of nitrogens with zero attached hydrogens (tertiary/aromatic N) is 6. The Kier molecular flexibility index (Phi) is 6.49. The lowest BCUT2D eigenvalue weighted by atomic mass is 9.82. The van der Waals surface area contributed by atoms with Crippen molar-refractivity contribution in [2.75, 3.05) is 0 Å². The second-order valence-corrected chi connectivity index (χ2v) is 14.5. The number of benzene rings is 6. The Balaban J connectivity index is 1.16. The Morgan fingerprint density at radius 1 is 0.444 bits per heavy atom. The van der Waals surface area contributed by atoms with Crippen molar-refractivity contribution in [3.63, 3.8) is 0 Å². The molecule has 6 aromatic carbocycles. The van der Waals surface area contributed by atoms with Gasteiger partial charge in [0.2, 0.25) is 0 Å². The maximum atomic E-state index is 5.02. The predicted octanol–water partition coefficient (Wildman–Crippen LogP) is 11.4. The standard InChI is InChI=1S/C48H32N6/c1-48(2)37-23-21-29-13-3-4-14-30(29)44(37)36-27-35-33-17-7-8-20-41(33)54(43(35)28-38(36)48)42-24-22-34(31-15-5-6-16-32(31)42)45-51-46(39-18-9-11-25-49-39)53-47(52-45)40-19-10-12-26-50-40/h3-28H,1-2H3. The molecule has 1 aliphatic rings. The molecule has 0 saturated heterocycles. The van der Waals surface area contributed by atoms with E-state index in [2.05, 4.69) is 138 Å². The topological polar surface area (TPSA) is 69.4 Å². The van der Waals surface area contributed by atoms with Crippen molar-refractivity contribution in [1.82, 2.24) is 29.5 Å². The van der Waals surface area contributed by atoms with Crippen LogP contribution in [0.2, 0.25) is 0 Å². The van der Waals surface area contributed by atoms with Crippen molar-refractivity contribution >= 4 is 43.4 Å². The number of hydrogen-bond donors (Lipinski definition) is 0. The SMILES string of the molecule is CC1(C)c2cc3c(cc2-c2c1ccc1ccccc21)c1ccccc1n3-c1ccc(-c2nc(-c3ccccn3)nc(-c3ccccn3)n2)c2ccccc12. The minimum absolute atomic E-state index is 0.161. The van der Waals surface area contributed by atoms with Crippen molar-refractivity contribution in [2.24, 2.45) is 0 Å². The summed E-state index contributed by atoms with van der Waals surface area (Å²) in [6, 6.07) is 51.5. The smallest absolute Gasteiger partial charge is 0.182 e. The van der Waals surface area contributed by atoms with Crippen LogP contribution in [0, 0.1) is 0 Å². The molecule has 254 valence electrons. The van der Waals surface area contributed by atoms with Crippen molar-refractivity contribution in [3.8, 4) is 51.2 Å². The van der Waals surface area contributed by atoms with Gasteiger partial charge in [-0.2, -0.15) is 0 Å². The number of hydrogen-bond acceptors (Lipinski definition) is 5. The van der Waals surface area contributed by atoms with Gasteiger partial charge < -0.3 is 4.57 Å². The van der Waals surface area contributed by atoms with E-state index in [1.54, 1.807) is 12.4 Å². The van der Waals surface area contributed by atoms with E-state index in [9.17, 15) is 0 Å². The molecule has 0 N–H and O–H groups in total. The zero-order chi connectivity index (χ0) is 36.0. The van der Waals surface area contributed by atoms with E-state index in [1.807, 2.05) is 36.4 Å². The Morgan fingerprint density at radius 3 is 1.80 bits per heavy atom. The fourth-order valence-corrected chi connectivity index (χ4v) is 8.61. The van der Waals surface area contributed by atoms with Crippen LogP contribution < -0.4 is 0 Å². The number of aromatic nitrogens is 6.